The second-order valence-electron chi connectivity index (χ2n) is 2.31. The molecule has 0 spiro atoms. The van der Waals surface area contributed by atoms with Crippen LogP contribution in [0.3, 0.4) is 0 Å². The third-order valence-electron chi connectivity index (χ3n) is 1.11. The average molecular weight is 249 g/mol. The van der Waals surface area contributed by atoms with Crippen LogP contribution in [0.2, 0.25) is 0 Å². The third kappa shape index (κ3) is 8.52. The third-order valence-corrected chi connectivity index (χ3v) is 3.19. The first-order valence-electron chi connectivity index (χ1n) is 3.60. The van der Waals surface area contributed by atoms with Gasteiger partial charge in [-0.15, -0.1) is 0 Å². The Balaban J connectivity index is 3.35. The number of hydrogen-bond donors (Lipinski definition) is 2. The molecular formula is C6H10F3NO2S2. The van der Waals surface area contributed by atoms with Gasteiger partial charge in [0.15, 0.2) is 0 Å². The summed E-state index contributed by atoms with van der Waals surface area (Å²) in [5, 5.41) is 8.34. The van der Waals surface area contributed by atoms with Crippen LogP contribution in [-0.4, -0.2) is 39.9 Å². The highest BCUT2D eigenvalue weighted by Crippen LogP contribution is 2.30. The fourth-order valence-electron chi connectivity index (χ4n) is 0.498. The zero-order valence-electron chi connectivity index (χ0n) is 7.08. The van der Waals surface area contributed by atoms with Gasteiger partial charge in [-0.1, -0.05) is 11.8 Å². The molecule has 0 rings (SSSR count). The predicted octanol–water partition coefficient (Wildman–Crippen LogP) is 1.38. The van der Waals surface area contributed by atoms with E-state index in [2.05, 4.69) is 0 Å². The Morgan fingerprint density at radius 2 is 2.00 bits per heavy atom. The van der Waals surface area contributed by atoms with Crippen LogP contribution in [0.15, 0.2) is 0 Å². The van der Waals surface area contributed by atoms with Crippen LogP contribution in [0.1, 0.15) is 0 Å². The zero-order chi connectivity index (χ0) is 11.2. The average Bonchev–Trinajstić information content (AvgIpc) is 2.01. The van der Waals surface area contributed by atoms with Gasteiger partial charge in [-0.25, -0.2) is 0 Å². The molecule has 0 fully saturated rings. The summed E-state index contributed by atoms with van der Waals surface area (Å²) in [5.74, 6) is -0.847. The molecule has 0 aliphatic heterocycles. The minimum atomic E-state index is -4.21. The summed E-state index contributed by atoms with van der Waals surface area (Å²) in [6.45, 7) is 0. The number of carboxylic acids is 1. The van der Waals surface area contributed by atoms with Gasteiger partial charge in [0, 0.05) is 17.3 Å². The van der Waals surface area contributed by atoms with Crippen molar-refractivity contribution in [3.8, 4) is 0 Å². The van der Waals surface area contributed by atoms with Crippen molar-refractivity contribution in [1.82, 2.24) is 0 Å². The topological polar surface area (TPSA) is 63.3 Å². The fraction of sp³-hybridized carbons (Fsp3) is 0.833. The van der Waals surface area contributed by atoms with Crippen molar-refractivity contribution in [2.75, 3.05) is 17.3 Å². The maximum atomic E-state index is 11.6. The number of carbonyl (C=O) groups is 1. The van der Waals surface area contributed by atoms with Crippen molar-refractivity contribution < 1.29 is 23.1 Å². The van der Waals surface area contributed by atoms with E-state index in [1.54, 1.807) is 0 Å². The highest BCUT2D eigenvalue weighted by atomic mass is 32.2. The molecular weight excluding hydrogens is 239 g/mol. The van der Waals surface area contributed by atoms with Gasteiger partial charge >= 0.3 is 11.5 Å². The lowest BCUT2D eigenvalue weighted by molar-refractivity contribution is -0.137. The first-order chi connectivity index (χ1) is 6.33. The van der Waals surface area contributed by atoms with Crippen molar-refractivity contribution in [3.05, 3.63) is 0 Å². The van der Waals surface area contributed by atoms with Crippen LogP contribution in [0.4, 0.5) is 13.2 Å². The second kappa shape index (κ2) is 6.41. The first kappa shape index (κ1) is 13.9. The van der Waals surface area contributed by atoms with Gasteiger partial charge in [-0.05, 0) is 0 Å². The lowest BCUT2D eigenvalue weighted by Crippen LogP contribution is -2.32. The molecule has 0 saturated heterocycles. The van der Waals surface area contributed by atoms with E-state index in [4.69, 9.17) is 10.8 Å². The van der Waals surface area contributed by atoms with E-state index in [0.29, 0.717) is 0 Å². The fourth-order valence-corrected chi connectivity index (χ4v) is 2.10. The number of rotatable bonds is 6. The number of halogens is 3. The number of carboxylic acid groups (broad SMARTS) is 1. The Morgan fingerprint density at radius 3 is 2.43 bits per heavy atom. The minimum absolute atomic E-state index is 0.0828. The van der Waals surface area contributed by atoms with E-state index in [0.717, 1.165) is 11.8 Å². The molecule has 3 N–H and O–H groups in total. The van der Waals surface area contributed by atoms with E-state index >= 15 is 0 Å². The number of aliphatic carboxylic acids is 1. The van der Waals surface area contributed by atoms with Crippen LogP contribution in [0.25, 0.3) is 0 Å². The molecule has 0 aliphatic carbocycles. The molecule has 0 heterocycles. The lowest BCUT2D eigenvalue weighted by Gasteiger charge is -2.07. The normalized spacial score (nSPS) is 14.0. The van der Waals surface area contributed by atoms with Crippen molar-refractivity contribution in [2.45, 2.75) is 11.6 Å². The van der Waals surface area contributed by atoms with E-state index < -0.39 is 17.5 Å². The van der Waals surface area contributed by atoms with Gasteiger partial charge in [0.25, 0.3) is 0 Å². The molecule has 8 heteroatoms. The highest BCUT2D eigenvalue weighted by molar-refractivity contribution is 8.03. The molecule has 0 aromatic rings. The van der Waals surface area contributed by atoms with Crippen LogP contribution in [0, 0.1) is 0 Å². The molecule has 14 heavy (non-hydrogen) atoms. The molecule has 0 amide bonds. The summed E-state index contributed by atoms with van der Waals surface area (Å²) in [7, 11) is 0. The summed E-state index contributed by atoms with van der Waals surface area (Å²) >= 11 is 0.988. The molecule has 0 aromatic heterocycles. The van der Waals surface area contributed by atoms with Crippen LogP contribution >= 0.6 is 23.5 Å². The van der Waals surface area contributed by atoms with Gasteiger partial charge in [-0.3, -0.25) is 4.79 Å². The van der Waals surface area contributed by atoms with Gasteiger partial charge in [0.1, 0.15) is 6.04 Å². The molecule has 1 atom stereocenters. The van der Waals surface area contributed by atoms with E-state index in [1.807, 2.05) is 0 Å². The Bertz CT molecular complexity index is 188. The largest absolute Gasteiger partial charge is 0.480 e. The van der Waals surface area contributed by atoms with Crippen LogP contribution < -0.4 is 5.73 Å². The molecule has 0 aliphatic rings. The SMILES string of the molecule is NC(CSCCSC(F)(F)F)C(=O)O. The van der Waals surface area contributed by atoms with Crippen molar-refractivity contribution in [1.29, 1.82) is 0 Å². The van der Waals surface area contributed by atoms with Gasteiger partial charge in [0.05, 0.1) is 0 Å². The molecule has 0 aromatic carbocycles. The molecule has 3 nitrogen and oxygen atoms in total. The maximum Gasteiger partial charge on any atom is 0.441 e. The number of nitrogens with two attached hydrogens (primary N) is 1. The highest BCUT2D eigenvalue weighted by Gasteiger charge is 2.27. The summed E-state index contributed by atoms with van der Waals surface area (Å²) in [6, 6.07) is -1.00. The maximum absolute atomic E-state index is 11.6. The van der Waals surface area contributed by atoms with Gasteiger partial charge in [-0.2, -0.15) is 24.9 Å². The van der Waals surface area contributed by atoms with E-state index in [-0.39, 0.29) is 29.0 Å². The monoisotopic (exact) mass is 249 g/mol. The standard InChI is InChI=1S/C6H10F3NO2S2/c7-6(8,9)14-2-1-13-3-4(10)5(11)12/h4H,1-3,10H2,(H,11,12). The molecule has 0 saturated carbocycles. The molecule has 1 unspecified atom stereocenters. The second-order valence-corrected chi connectivity index (χ2v) is 4.62. The Labute approximate surface area is 87.6 Å². The Kier molecular flexibility index (Phi) is 6.38. The number of thioether (sulfide) groups is 2. The van der Waals surface area contributed by atoms with E-state index in [9.17, 15) is 18.0 Å². The predicted molar refractivity (Wildman–Crippen MR) is 51.4 cm³/mol. The van der Waals surface area contributed by atoms with Crippen molar-refractivity contribution in [2.24, 2.45) is 5.73 Å². The molecule has 0 radical (unpaired) electrons. The van der Waals surface area contributed by atoms with Gasteiger partial charge < -0.3 is 10.8 Å². The minimum Gasteiger partial charge on any atom is -0.480 e. The number of hydrogen-bond acceptors (Lipinski definition) is 4. The summed E-state index contributed by atoms with van der Waals surface area (Å²) < 4.78 is 34.8. The van der Waals surface area contributed by atoms with Crippen molar-refractivity contribution in [3.63, 3.8) is 0 Å². The lowest BCUT2D eigenvalue weighted by atomic mass is 10.4. The summed E-state index contributed by atoms with van der Waals surface area (Å²) in [4.78, 5) is 10.2. The van der Waals surface area contributed by atoms with Crippen molar-refractivity contribution >= 4 is 29.5 Å². The summed E-state index contributed by atoms with van der Waals surface area (Å²) in [5.41, 5.74) is 0.922. The van der Waals surface area contributed by atoms with Crippen LogP contribution in [0.5, 0.6) is 0 Å². The quantitative estimate of drug-likeness (QED) is 0.696. The Hall–Kier alpha value is -0.0800. The summed E-state index contributed by atoms with van der Waals surface area (Å²) in [6.07, 6.45) is 0. The Morgan fingerprint density at radius 1 is 1.43 bits per heavy atom. The van der Waals surface area contributed by atoms with E-state index in [1.165, 1.54) is 0 Å². The zero-order valence-corrected chi connectivity index (χ0v) is 8.71. The number of alkyl halides is 3. The smallest absolute Gasteiger partial charge is 0.441 e. The van der Waals surface area contributed by atoms with Gasteiger partial charge in [0.2, 0.25) is 0 Å². The molecule has 0 bridgehead atoms. The van der Waals surface area contributed by atoms with Crippen LogP contribution in [-0.2, 0) is 4.79 Å². The molecule has 84 valence electrons. The first-order valence-corrected chi connectivity index (χ1v) is 5.74.